The number of hydrogen-bond donors (Lipinski definition) is 0. The number of thioether (sulfide) groups is 1. The summed E-state index contributed by atoms with van der Waals surface area (Å²) >= 11 is 1.68. The molecule has 5 rings (SSSR count). The summed E-state index contributed by atoms with van der Waals surface area (Å²) in [6, 6.07) is 24.7. The molecule has 2 heterocycles. The maximum absolute atomic E-state index is 13.2. The second kappa shape index (κ2) is 9.98. The summed E-state index contributed by atoms with van der Waals surface area (Å²) in [6.45, 7) is 2.95. The quantitative estimate of drug-likeness (QED) is 0.460. The summed E-state index contributed by atoms with van der Waals surface area (Å²) < 4.78 is 19.1. The number of halogens is 1. The molecule has 0 saturated carbocycles. The Morgan fingerprint density at radius 3 is 2.42 bits per heavy atom. The van der Waals surface area contributed by atoms with Gasteiger partial charge in [-0.25, -0.2) is 4.39 Å². The fourth-order valence-corrected chi connectivity index (χ4v) is 5.89. The lowest BCUT2D eigenvalue weighted by molar-refractivity contribution is -0.131. The Morgan fingerprint density at radius 1 is 0.909 bits per heavy atom. The van der Waals surface area contributed by atoms with E-state index in [2.05, 4.69) is 40.1 Å². The van der Waals surface area contributed by atoms with Crippen LogP contribution in [0.2, 0.25) is 0 Å². The van der Waals surface area contributed by atoms with E-state index in [-0.39, 0.29) is 23.1 Å². The lowest BCUT2D eigenvalue weighted by Crippen LogP contribution is -2.46. The van der Waals surface area contributed by atoms with Crippen molar-refractivity contribution in [1.82, 2.24) is 9.80 Å². The number of piperidine rings is 1. The first-order valence-corrected chi connectivity index (χ1v) is 12.4. The van der Waals surface area contributed by atoms with Crippen LogP contribution >= 0.6 is 11.8 Å². The molecule has 2 aliphatic heterocycles. The Balaban J connectivity index is 1.25. The number of likely N-dealkylation sites (tertiary alicyclic amines) is 1. The Hall–Kier alpha value is -2.83. The number of carbonyl (C=O) groups excluding carboxylic acids is 1. The normalized spacial score (nSPS) is 19.7. The van der Waals surface area contributed by atoms with Gasteiger partial charge in [-0.3, -0.25) is 9.69 Å². The minimum Gasteiger partial charge on any atom is -0.457 e. The summed E-state index contributed by atoms with van der Waals surface area (Å²) in [4.78, 5) is 17.4. The van der Waals surface area contributed by atoms with Gasteiger partial charge in [0.2, 0.25) is 5.91 Å². The average Bonchev–Trinajstić information content (AvgIpc) is 3.23. The van der Waals surface area contributed by atoms with Gasteiger partial charge in [0.1, 0.15) is 22.7 Å². The van der Waals surface area contributed by atoms with Crippen molar-refractivity contribution in [3.8, 4) is 11.5 Å². The number of hydrogen-bond acceptors (Lipinski definition) is 4. The van der Waals surface area contributed by atoms with Gasteiger partial charge < -0.3 is 9.64 Å². The number of nitrogens with zero attached hydrogens (tertiary/aromatic N) is 2. The molecule has 0 aromatic heterocycles. The SMILES string of the molecule is O=C1CSC(c2cccc(Oc3ccc(F)cc3)c2)N1C1CCN(Cc2ccccc2)CC1. The van der Waals surface area contributed by atoms with Crippen LogP contribution in [-0.4, -0.2) is 40.6 Å². The van der Waals surface area contributed by atoms with E-state index in [9.17, 15) is 9.18 Å². The summed E-state index contributed by atoms with van der Waals surface area (Å²) in [7, 11) is 0. The smallest absolute Gasteiger partial charge is 0.234 e. The molecule has 0 radical (unpaired) electrons. The van der Waals surface area contributed by atoms with Crippen LogP contribution in [0.5, 0.6) is 11.5 Å². The predicted molar refractivity (Wildman–Crippen MR) is 130 cm³/mol. The van der Waals surface area contributed by atoms with E-state index in [1.807, 2.05) is 24.3 Å². The Morgan fingerprint density at radius 2 is 1.67 bits per heavy atom. The number of rotatable bonds is 6. The van der Waals surface area contributed by atoms with Gasteiger partial charge in [-0.05, 0) is 60.4 Å². The first kappa shape index (κ1) is 22.0. The fraction of sp³-hybridized carbons (Fsp3) is 0.296. The standard InChI is InChI=1S/C27H27FN2O2S/c28-22-9-11-24(12-10-22)32-25-8-4-7-21(17-25)27-30(26(31)19-33-27)23-13-15-29(16-14-23)18-20-5-2-1-3-6-20/h1-12,17,23,27H,13-16,18-19H2. The number of amides is 1. The molecule has 3 aromatic rings. The molecule has 2 fully saturated rings. The van der Waals surface area contributed by atoms with Gasteiger partial charge in [-0.1, -0.05) is 42.5 Å². The van der Waals surface area contributed by atoms with Gasteiger partial charge in [-0.15, -0.1) is 11.8 Å². The first-order valence-electron chi connectivity index (χ1n) is 11.4. The van der Waals surface area contributed by atoms with Gasteiger partial charge >= 0.3 is 0 Å². The molecule has 6 heteroatoms. The van der Waals surface area contributed by atoms with Crippen molar-refractivity contribution in [3.05, 3.63) is 95.8 Å². The van der Waals surface area contributed by atoms with Crippen molar-refractivity contribution in [1.29, 1.82) is 0 Å². The lowest BCUT2D eigenvalue weighted by Gasteiger charge is -2.39. The fourth-order valence-electron chi connectivity index (χ4n) is 4.66. The van der Waals surface area contributed by atoms with Crippen molar-refractivity contribution >= 4 is 17.7 Å². The topological polar surface area (TPSA) is 32.8 Å². The van der Waals surface area contributed by atoms with Crippen molar-refractivity contribution in [2.24, 2.45) is 0 Å². The zero-order chi connectivity index (χ0) is 22.6. The molecule has 33 heavy (non-hydrogen) atoms. The van der Waals surface area contributed by atoms with Crippen LogP contribution in [0.3, 0.4) is 0 Å². The molecule has 0 bridgehead atoms. The van der Waals surface area contributed by atoms with Crippen molar-refractivity contribution in [2.45, 2.75) is 30.8 Å². The molecular weight excluding hydrogens is 435 g/mol. The minimum atomic E-state index is -0.289. The molecule has 2 aliphatic rings. The minimum absolute atomic E-state index is 0.0000545. The second-order valence-electron chi connectivity index (χ2n) is 8.59. The van der Waals surface area contributed by atoms with Crippen LogP contribution in [0.25, 0.3) is 0 Å². The third-order valence-electron chi connectivity index (χ3n) is 6.30. The molecule has 3 aromatic carbocycles. The zero-order valence-electron chi connectivity index (χ0n) is 18.4. The van der Waals surface area contributed by atoms with Crippen LogP contribution in [0.15, 0.2) is 78.9 Å². The highest BCUT2D eigenvalue weighted by Gasteiger charge is 2.39. The highest BCUT2D eigenvalue weighted by Crippen LogP contribution is 2.43. The summed E-state index contributed by atoms with van der Waals surface area (Å²) in [5.74, 6) is 1.72. The van der Waals surface area contributed by atoms with Gasteiger partial charge in [-0.2, -0.15) is 0 Å². The maximum atomic E-state index is 13.2. The van der Waals surface area contributed by atoms with Gasteiger partial charge in [0, 0.05) is 25.7 Å². The molecular formula is C27H27FN2O2S. The van der Waals surface area contributed by atoms with E-state index in [0.29, 0.717) is 17.3 Å². The van der Waals surface area contributed by atoms with Crippen LogP contribution in [-0.2, 0) is 11.3 Å². The van der Waals surface area contributed by atoms with Crippen LogP contribution in [0.1, 0.15) is 29.3 Å². The molecule has 1 unspecified atom stereocenters. The van der Waals surface area contributed by atoms with E-state index in [1.165, 1.54) is 17.7 Å². The summed E-state index contributed by atoms with van der Waals surface area (Å²) in [5.41, 5.74) is 2.40. The molecule has 4 nitrogen and oxygen atoms in total. The molecule has 0 N–H and O–H groups in total. The largest absolute Gasteiger partial charge is 0.457 e. The van der Waals surface area contributed by atoms with E-state index in [1.54, 1.807) is 23.9 Å². The van der Waals surface area contributed by atoms with E-state index in [4.69, 9.17) is 4.74 Å². The van der Waals surface area contributed by atoms with Crippen molar-refractivity contribution in [2.75, 3.05) is 18.8 Å². The third-order valence-corrected chi connectivity index (χ3v) is 7.53. The van der Waals surface area contributed by atoms with Gasteiger partial charge in [0.25, 0.3) is 0 Å². The van der Waals surface area contributed by atoms with Gasteiger partial charge in [0.05, 0.1) is 5.75 Å². The highest BCUT2D eigenvalue weighted by molar-refractivity contribution is 8.00. The van der Waals surface area contributed by atoms with Gasteiger partial charge in [0.15, 0.2) is 0 Å². The Labute approximate surface area is 198 Å². The van der Waals surface area contributed by atoms with E-state index in [0.717, 1.165) is 38.0 Å². The van der Waals surface area contributed by atoms with Crippen LogP contribution in [0.4, 0.5) is 4.39 Å². The number of benzene rings is 3. The Kier molecular flexibility index (Phi) is 6.65. The molecule has 2 saturated heterocycles. The average molecular weight is 463 g/mol. The van der Waals surface area contributed by atoms with E-state index >= 15 is 0 Å². The molecule has 1 amide bonds. The summed E-state index contributed by atoms with van der Waals surface area (Å²) in [5, 5.41) is -0.0000545. The number of carbonyl (C=O) groups is 1. The highest BCUT2D eigenvalue weighted by atomic mass is 32.2. The zero-order valence-corrected chi connectivity index (χ0v) is 19.2. The van der Waals surface area contributed by atoms with Crippen LogP contribution < -0.4 is 4.74 Å². The second-order valence-corrected chi connectivity index (χ2v) is 9.65. The Bertz CT molecular complexity index is 1080. The third kappa shape index (κ3) is 5.23. The van der Waals surface area contributed by atoms with E-state index < -0.39 is 0 Å². The van der Waals surface area contributed by atoms with Crippen molar-refractivity contribution < 1.29 is 13.9 Å². The molecule has 0 aliphatic carbocycles. The predicted octanol–water partition coefficient (Wildman–Crippen LogP) is 5.86. The molecule has 170 valence electrons. The first-order chi connectivity index (χ1) is 16.2. The van der Waals surface area contributed by atoms with Crippen LogP contribution in [0, 0.1) is 5.82 Å². The molecule has 1 atom stereocenters. The lowest BCUT2D eigenvalue weighted by atomic mass is 10.0. The number of ether oxygens (including phenoxy) is 1. The summed E-state index contributed by atoms with van der Waals surface area (Å²) in [6.07, 6.45) is 1.98. The van der Waals surface area contributed by atoms with Crippen molar-refractivity contribution in [3.63, 3.8) is 0 Å². The monoisotopic (exact) mass is 462 g/mol. The molecule has 0 spiro atoms. The maximum Gasteiger partial charge on any atom is 0.234 e.